The van der Waals surface area contributed by atoms with Gasteiger partial charge in [0.1, 0.15) is 12.4 Å². The Labute approximate surface area is 172 Å². The summed E-state index contributed by atoms with van der Waals surface area (Å²) in [6.45, 7) is 9.55. The largest absolute Gasteiger partial charge is 0.490 e. The van der Waals surface area contributed by atoms with Crippen molar-refractivity contribution in [1.29, 1.82) is 0 Å². The van der Waals surface area contributed by atoms with Crippen molar-refractivity contribution in [3.63, 3.8) is 0 Å². The van der Waals surface area contributed by atoms with Gasteiger partial charge in [-0.05, 0) is 44.3 Å². The number of anilines is 1. The Morgan fingerprint density at radius 2 is 1.76 bits per heavy atom. The van der Waals surface area contributed by atoms with Gasteiger partial charge in [-0.3, -0.25) is 4.79 Å². The number of ether oxygens (including phenoxy) is 1. The second-order valence-corrected chi connectivity index (χ2v) is 6.72. The van der Waals surface area contributed by atoms with Gasteiger partial charge in [0.25, 0.3) is 5.91 Å². The number of aromatic nitrogens is 2. The molecule has 6 nitrogen and oxygen atoms in total. The van der Waals surface area contributed by atoms with E-state index in [1.165, 1.54) is 0 Å². The summed E-state index contributed by atoms with van der Waals surface area (Å²) in [5.41, 5.74) is 2.90. The van der Waals surface area contributed by atoms with Crippen molar-refractivity contribution in [3.05, 3.63) is 72.1 Å². The molecule has 0 fully saturated rings. The molecule has 0 atom stereocenters. The molecule has 0 bridgehead atoms. The minimum absolute atomic E-state index is 0.204. The number of para-hydroxylation sites is 3. The molecule has 1 heterocycles. The molecule has 1 amide bonds. The van der Waals surface area contributed by atoms with Crippen LogP contribution in [0.3, 0.4) is 0 Å². The topological polar surface area (TPSA) is 59.4 Å². The van der Waals surface area contributed by atoms with Crippen molar-refractivity contribution >= 4 is 11.6 Å². The number of likely N-dealkylation sites (N-methyl/N-ethyl adjacent to an activating group) is 1. The van der Waals surface area contributed by atoms with Gasteiger partial charge in [0.05, 0.1) is 28.8 Å². The number of rotatable bonds is 9. The number of benzene rings is 2. The molecule has 0 saturated carbocycles. The summed E-state index contributed by atoms with van der Waals surface area (Å²) in [5.74, 6) is 0.464. The number of carbonyl (C=O) groups is 1. The van der Waals surface area contributed by atoms with Crippen molar-refractivity contribution in [1.82, 2.24) is 14.7 Å². The molecule has 0 aliphatic heterocycles. The number of carbonyl (C=O) groups excluding carboxylic acids is 1. The molecule has 152 valence electrons. The summed E-state index contributed by atoms with van der Waals surface area (Å²) in [6.07, 6.45) is 1.60. The first-order valence-corrected chi connectivity index (χ1v) is 9.99. The average molecular weight is 393 g/mol. The highest BCUT2D eigenvalue weighted by Gasteiger charge is 2.17. The lowest BCUT2D eigenvalue weighted by Crippen LogP contribution is -2.28. The first-order valence-electron chi connectivity index (χ1n) is 9.99. The first-order chi connectivity index (χ1) is 14.1. The molecule has 1 aromatic heterocycles. The lowest BCUT2D eigenvalue weighted by Gasteiger charge is -2.19. The fraction of sp³-hybridized carbons (Fsp3) is 0.304. The summed E-state index contributed by atoms with van der Waals surface area (Å²) in [6, 6.07) is 17.3. The van der Waals surface area contributed by atoms with E-state index in [1.54, 1.807) is 10.9 Å². The van der Waals surface area contributed by atoms with E-state index in [0.717, 1.165) is 31.0 Å². The normalized spacial score (nSPS) is 10.9. The van der Waals surface area contributed by atoms with Gasteiger partial charge in [0.2, 0.25) is 0 Å². The fourth-order valence-corrected chi connectivity index (χ4v) is 3.17. The maximum absolute atomic E-state index is 12.9. The van der Waals surface area contributed by atoms with Crippen LogP contribution in [0.5, 0.6) is 5.75 Å². The smallest absolute Gasteiger partial charge is 0.259 e. The Morgan fingerprint density at radius 3 is 2.48 bits per heavy atom. The van der Waals surface area contributed by atoms with Crippen molar-refractivity contribution < 1.29 is 9.53 Å². The average Bonchev–Trinajstić information content (AvgIpc) is 3.14. The molecule has 0 saturated heterocycles. The minimum Gasteiger partial charge on any atom is -0.490 e. The quantitative estimate of drug-likeness (QED) is 0.594. The Kier molecular flexibility index (Phi) is 7.03. The molecule has 0 aliphatic rings. The molecule has 0 radical (unpaired) electrons. The predicted octanol–water partition coefficient (Wildman–Crippen LogP) is 4.15. The van der Waals surface area contributed by atoms with Gasteiger partial charge in [0, 0.05) is 6.54 Å². The summed E-state index contributed by atoms with van der Waals surface area (Å²) < 4.78 is 7.70. The van der Waals surface area contributed by atoms with Crippen LogP contribution < -0.4 is 10.1 Å². The molecule has 1 N–H and O–H groups in total. The second kappa shape index (κ2) is 9.89. The van der Waals surface area contributed by atoms with Gasteiger partial charge >= 0.3 is 0 Å². The SMILES string of the molecule is CCN(CC)CCOc1ccccc1NC(=O)c1cnn(-c2ccccc2)c1C. The third-order valence-corrected chi connectivity index (χ3v) is 4.95. The molecule has 0 spiro atoms. The highest BCUT2D eigenvalue weighted by atomic mass is 16.5. The number of nitrogens with one attached hydrogen (secondary N) is 1. The molecule has 0 unspecified atom stereocenters. The lowest BCUT2D eigenvalue weighted by atomic mass is 10.2. The molecular weight excluding hydrogens is 364 g/mol. The van der Waals surface area contributed by atoms with Crippen LogP contribution in [0, 0.1) is 6.92 Å². The van der Waals surface area contributed by atoms with E-state index in [-0.39, 0.29) is 5.91 Å². The molecule has 6 heteroatoms. The van der Waals surface area contributed by atoms with E-state index < -0.39 is 0 Å². The van der Waals surface area contributed by atoms with Crippen molar-refractivity contribution in [2.75, 3.05) is 31.6 Å². The predicted molar refractivity (Wildman–Crippen MR) is 116 cm³/mol. The standard InChI is InChI=1S/C23H28N4O2/c1-4-26(5-2)15-16-29-22-14-10-9-13-21(22)25-23(28)20-17-24-27(18(20)3)19-11-7-6-8-12-19/h6-14,17H,4-5,15-16H2,1-3H3,(H,25,28). The van der Waals surface area contributed by atoms with E-state index in [4.69, 9.17) is 4.74 Å². The highest BCUT2D eigenvalue weighted by Crippen LogP contribution is 2.25. The Hall–Kier alpha value is -3.12. The van der Waals surface area contributed by atoms with Gasteiger partial charge in [0.15, 0.2) is 0 Å². The summed E-state index contributed by atoms with van der Waals surface area (Å²) in [4.78, 5) is 15.2. The third kappa shape index (κ3) is 5.03. The number of nitrogens with zero attached hydrogens (tertiary/aromatic N) is 3. The van der Waals surface area contributed by atoms with Crippen LogP contribution in [-0.4, -0.2) is 46.8 Å². The Morgan fingerprint density at radius 1 is 1.07 bits per heavy atom. The molecule has 2 aromatic carbocycles. The minimum atomic E-state index is -0.204. The Bertz CT molecular complexity index is 933. The van der Waals surface area contributed by atoms with Gasteiger partial charge in [-0.1, -0.05) is 44.2 Å². The number of hydrogen-bond acceptors (Lipinski definition) is 4. The summed E-state index contributed by atoms with van der Waals surface area (Å²) in [5, 5.41) is 7.35. The molecule has 3 aromatic rings. The van der Waals surface area contributed by atoms with Crippen LogP contribution in [0.15, 0.2) is 60.8 Å². The zero-order chi connectivity index (χ0) is 20.6. The first kappa shape index (κ1) is 20.6. The van der Waals surface area contributed by atoms with Gasteiger partial charge in [-0.25, -0.2) is 4.68 Å². The summed E-state index contributed by atoms with van der Waals surface area (Å²) >= 11 is 0. The number of hydrogen-bond donors (Lipinski definition) is 1. The van der Waals surface area contributed by atoms with Crippen LogP contribution in [0.4, 0.5) is 5.69 Å². The Balaban J connectivity index is 1.71. The van der Waals surface area contributed by atoms with Gasteiger partial charge in [-0.15, -0.1) is 0 Å². The van der Waals surface area contributed by atoms with E-state index in [2.05, 4.69) is 29.2 Å². The van der Waals surface area contributed by atoms with Gasteiger partial charge in [-0.2, -0.15) is 5.10 Å². The zero-order valence-electron chi connectivity index (χ0n) is 17.3. The van der Waals surface area contributed by atoms with Crippen LogP contribution >= 0.6 is 0 Å². The fourth-order valence-electron chi connectivity index (χ4n) is 3.17. The van der Waals surface area contributed by atoms with Crippen LogP contribution in [0.25, 0.3) is 5.69 Å². The monoisotopic (exact) mass is 392 g/mol. The maximum atomic E-state index is 12.9. The van der Waals surface area contributed by atoms with E-state index >= 15 is 0 Å². The molecular formula is C23H28N4O2. The molecule has 29 heavy (non-hydrogen) atoms. The number of amides is 1. The zero-order valence-corrected chi connectivity index (χ0v) is 17.3. The summed E-state index contributed by atoms with van der Waals surface area (Å²) in [7, 11) is 0. The molecule has 3 rings (SSSR count). The van der Waals surface area contributed by atoms with E-state index in [9.17, 15) is 4.79 Å². The second-order valence-electron chi connectivity index (χ2n) is 6.72. The van der Waals surface area contributed by atoms with Gasteiger partial charge < -0.3 is 15.0 Å². The van der Waals surface area contributed by atoms with Crippen molar-refractivity contribution in [2.24, 2.45) is 0 Å². The highest BCUT2D eigenvalue weighted by molar-refractivity contribution is 6.05. The molecule has 0 aliphatic carbocycles. The maximum Gasteiger partial charge on any atom is 0.259 e. The van der Waals surface area contributed by atoms with Crippen LogP contribution in [-0.2, 0) is 0 Å². The third-order valence-electron chi connectivity index (χ3n) is 4.95. The van der Waals surface area contributed by atoms with E-state index in [1.807, 2.05) is 61.5 Å². The van der Waals surface area contributed by atoms with E-state index in [0.29, 0.717) is 23.6 Å². The van der Waals surface area contributed by atoms with Crippen molar-refractivity contribution in [3.8, 4) is 11.4 Å². The van der Waals surface area contributed by atoms with Crippen LogP contribution in [0.2, 0.25) is 0 Å². The van der Waals surface area contributed by atoms with Crippen molar-refractivity contribution in [2.45, 2.75) is 20.8 Å². The van der Waals surface area contributed by atoms with Crippen LogP contribution in [0.1, 0.15) is 29.9 Å². The lowest BCUT2D eigenvalue weighted by molar-refractivity contribution is 0.102.